The summed E-state index contributed by atoms with van der Waals surface area (Å²) in [6.45, 7) is 7.61. The SMILES string of the molecule is CCCNCCC(C)N(C)Cc1ccccc1OC. The molecule has 0 spiro atoms. The smallest absolute Gasteiger partial charge is 0.123 e. The van der Waals surface area contributed by atoms with Crippen LogP contribution in [-0.2, 0) is 6.54 Å². The Balaban J connectivity index is 2.42. The van der Waals surface area contributed by atoms with Gasteiger partial charge in [-0.1, -0.05) is 25.1 Å². The first-order chi connectivity index (χ1) is 9.19. The van der Waals surface area contributed by atoms with Crippen LogP contribution >= 0.6 is 0 Å². The maximum Gasteiger partial charge on any atom is 0.123 e. The summed E-state index contributed by atoms with van der Waals surface area (Å²) in [6, 6.07) is 8.81. The van der Waals surface area contributed by atoms with Gasteiger partial charge in [-0.2, -0.15) is 0 Å². The molecule has 3 heteroatoms. The third-order valence-electron chi connectivity index (χ3n) is 3.53. The Kier molecular flexibility index (Phi) is 7.53. The molecule has 0 saturated heterocycles. The van der Waals surface area contributed by atoms with Crippen LogP contribution in [0.15, 0.2) is 24.3 Å². The van der Waals surface area contributed by atoms with Crippen molar-refractivity contribution in [2.75, 3.05) is 27.2 Å². The highest BCUT2D eigenvalue weighted by atomic mass is 16.5. The lowest BCUT2D eigenvalue weighted by atomic mass is 10.1. The Morgan fingerprint density at radius 1 is 1.26 bits per heavy atom. The maximum absolute atomic E-state index is 5.40. The van der Waals surface area contributed by atoms with Crippen molar-refractivity contribution in [3.05, 3.63) is 29.8 Å². The van der Waals surface area contributed by atoms with Gasteiger partial charge < -0.3 is 10.1 Å². The molecule has 0 aliphatic carbocycles. The molecule has 1 aromatic carbocycles. The van der Waals surface area contributed by atoms with Crippen molar-refractivity contribution in [3.63, 3.8) is 0 Å². The zero-order valence-corrected chi connectivity index (χ0v) is 12.8. The van der Waals surface area contributed by atoms with E-state index in [1.165, 1.54) is 18.4 Å². The molecule has 0 fully saturated rings. The fourth-order valence-corrected chi connectivity index (χ4v) is 2.09. The van der Waals surface area contributed by atoms with E-state index in [0.29, 0.717) is 6.04 Å². The Morgan fingerprint density at radius 2 is 2.00 bits per heavy atom. The van der Waals surface area contributed by atoms with Crippen molar-refractivity contribution in [2.24, 2.45) is 0 Å². The summed E-state index contributed by atoms with van der Waals surface area (Å²) in [5.74, 6) is 0.977. The van der Waals surface area contributed by atoms with Gasteiger partial charge in [-0.05, 0) is 46.0 Å². The molecule has 1 atom stereocenters. The molecular formula is C16H28N2O. The number of para-hydroxylation sites is 1. The molecule has 0 aliphatic heterocycles. The summed E-state index contributed by atoms with van der Waals surface area (Å²) in [5, 5.41) is 3.46. The molecule has 1 aromatic rings. The Bertz CT molecular complexity index is 354. The highest BCUT2D eigenvalue weighted by Crippen LogP contribution is 2.19. The molecule has 1 N–H and O–H groups in total. The van der Waals surface area contributed by atoms with Gasteiger partial charge >= 0.3 is 0 Å². The quantitative estimate of drug-likeness (QED) is 0.694. The van der Waals surface area contributed by atoms with Gasteiger partial charge in [0.15, 0.2) is 0 Å². The minimum atomic E-state index is 0.564. The molecular weight excluding hydrogens is 236 g/mol. The van der Waals surface area contributed by atoms with Crippen molar-refractivity contribution in [1.29, 1.82) is 0 Å². The average molecular weight is 264 g/mol. The number of ether oxygens (including phenoxy) is 1. The molecule has 108 valence electrons. The van der Waals surface area contributed by atoms with E-state index in [4.69, 9.17) is 4.74 Å². The Labute approximate surface area is 118 Å². The lowest BCUT2D eigenvalue weighted by Crippen LogP contribution is -2.32. The van der Waals surface area contributed by atoms with Crippen LogP contribution in [0.4, 0.5) is 0 Å². The first-order valence-electron chi connectivity index (χ1n) is 7.21. The number of methoxy groups -OCH3 is 1. The van der Waals surface area contributed by atoms with Gasteiger partial charge in [0.25, 0.3) is 0 Å². The van der Waals surface area contributed by atoms with Gasteiger partial charge in [0.2, 0.25) is 0 Å². The average Bonchev–Trinajstić information content (AvgIpc) is 2.44. The second-order valence-electron chi connectivity index (χ2n) is 5.11. The van der Waals surface area contributed by atoms with Gasteiger partial charge in [-0.25, -0.2) is 0 Å². The normalized spacial score (nSPS) is 12.7. The van der Waals surface area contributed by atoms with Crippen molar-refractivity contribution in [1.82, 2.24) is 10.2 Å². The Morgan fingerprint density at radius 3 is 2.68 bits per heavy atom. The fourth-order valence-electron chi connectivity index (χ4n) is 2.09. The van der Waals surface area contributed by atoms with Gasteiger partial charge in [-0.3, -0.25) is 4.90 Å². The van der Waals surface area contributed by atoms with Crippen molar-refractivity contribution >= 4 is 0 Å². The topological polar surface area (TPSA) is 24.5 Å². The highest BCUT2D eigenvalue weighted by molar-refractivity contribution is 5.33. The summed E-state index contributed by atoms with van der Waals surface area (Å²) < 4.78 is 5.40. The number of hydrogen-bond acceptors (Lipinski definition) is 3. The van der Waals surface area contributed by atoms with Crippen LogP contribution in [0.1, 0.15) is 32.3 Å². The van der Waals surface area contributed by atoms with E-state index in [-0.39, 0.29) is 0 Å². The van der Waals surface area contributed by atoms with Crippen LogP contribution in [0.5, 0.6) is 5.75 Å². The van der Waals surface area contributed by atoms with Crippen LogP contribution in [-0.4, -0.2) is 38.2 Å². The molecule has 3 nitrogen and oxygen atoms in total. The molecule has 1 unspecified atom stereocenters. The Hall–Kier alpha value is -1.06. The molecule has 0 heterocycles. The molecule has 19 heavy (non-hydrogen) atoms. The minimum Gasteiger partial charge on any atom is -0.496 e. The third kappa shape index (κ3) is 5.62. The van der Waals surface area contributed by atoms with Crippen molar-refractivity contribution < 1.29 is 4.74 Å². The molecule has 0 amide bonds. The van der Waals surface area contributed by atoms with Gasteiger partial charge in [0, 0.05) is 18.2 Å². The molecule has 0 saturated carbocycles. The number of nitrogens with zero attached hydrogens (tertiary/aromatic N) is 1. The van der Waals surface area contributed by atoms with E-state index in [1.807, 2.05) is 12.1 Å². The monoisotopic (exact) mass is 264 g/mol. The lowest BCUT2D eigenvalue weighted by molar-refractivity contribution is 0.233. The number of hydrogen-bond donors (Lipinski definition) is 1. The maximum atomic E-state index is 5.40. The zero-order chi connectivity index (χ0) is 14.1. The van der Waals surface area contributed by atoms with Crippen LogP contribution in [0, 0.1) is 0 Å². The fraction of sp³-hybridized carbons (Fsp3) is 0.625. The summed E-state index contributed by atoms with van der Waals surface area (Å²) in [4.78, 5) is 2.38. The predicted molar refractivity (Wildman–Crippen MR) is 81.7 cm³/mol. The van der Waals surface area contributed by atoms with Gasteiger partial charge in [0.1, 0.15) is 5.75 Å². The predicted octanol–water partition coefficient (Wildman–Crippen LogP) is 2.91. The number of nitrogens with one attached hydrogen (secondary N) is 1. The van der Waals surface area contributed by atoms with Crippen LogP contribution in [0.3, 0.4) is 0 Å². The van der Waals surface area contributed by atoms with E-state index in [9.17, 15) is 0 Å². The van der Waals surface area contributed by atoms with E-state index >= 15 is 0 Å². The zero-order valence-electron chi connectivity index (χ0n) is 12.8. The van der Waals surface area contributed by atoms with Gasteiger partial charge in [0.05, 0.1) is 7.11 Å². The second-order valence-corrected chi connectivity index (χ2v) is 5.11. The van der Waals surface area contributed by atoms with E-state index in [2.05, 4.69) is 43.2 Å². The minimum absolute atomic E-state index is 0.564. The first-order valence-corrected chi connectivity index (χ1v) is 7.21. The molecule has 0 bridgehead atoms. The molecule has 0 aliphatic rings. The summed E-state index contributed by atoms with van der Waals surface area (Å²) in [7, 11) is 3.91. The van der Waals surface area contributed by atoms with Gasteiger partial charge in [-0.15, -0.1) is 0 Å². The van der Waals surface area contributed by atoms with Crippen molar-refractivity contribution in [2.45, 2.75) is 39.3 Å². The van der Waals surface area contributed by atoms with Crippen LogP contribution < -0.4 is 10.1 Å². The summed E-state index contributed by atoms with van der Waals surface area (Å²) in [5.41, 5.74) is 1.25. The number of benzene rings is 1. The summed E-state index contributed by atoms with van der Waals surface area (Å²) >= 11 is 0. The van der Waals surface area contributed by atoms with Crippen LogP contribution in [0.25, 0.3) is 0 Å². The first kappa shape index (κ1) is 16.0. The van der Waals surface area contributed by atoms with E-state index in [0.717, 1.165) is 25.4 Å². The standard InChI is InChI=1S/C16H28N2O/c1-5-11-17-12-10-14(2)18(3)13-15-8-6-7-9-16(15)19-4/h6-9,14,17H,5,10-13H2,1-4H3. The molecule has 0 aromatic heterocycles. The molecule has 0 radical (unpaired) electrons. The largest absolute Gasteiger partial charge is 0.496 e. The summed E-state index contributed by atoms with van der Waals surface area (Å²) in [6.07, 6.45) is 2.37. The lowest BCUT2D eigenvalue weighted by Gasteiger charge is -2.25. The van der Waals surface area contributed by atoms with Crippen LogP contribution in [0.2, 0.25) is 0 Å². The second kappa shape index (κ2) is 8.94. The molecule has 1 rings (SSSR count). The van der Waals surface area contributed by atoms with Crippen molar-refractivity contribution in [3.8, 4) is 5.75 Å². The van der Waals surface area contributed by atoms with E-state index < -0.39 is 0 Å². The van der Waals surface area contributed by atoms with E-state index in [1.54, 1.807) is 7.11 Å². The third-order valence-corrected chi connectivity index (χ3v) is 3.53. The number of rotatable bonds is 9. The highest BCUT2D eigenvalue weighted by Gasteiger charge is 2.11.